The first-order chi connectivity index (χ1) is 13.2. The molecule has 1 aliphatic heterocycles. The van der Waals surface area contributed by atoms with E-state index >= 15 is 4.39 Å². The molecule has 6 nitrogen and oxygen atoms in total. The van der Waals surface area contributed by atoms with E-state index in [2.05, 4.69) is 0 Å². The number of carbonyl (C=O) groups is 1. The lowest BCUT2D eigenvalue weighted by Crippen LogP contribution is -2.30. The number of hydrogen-bond donors (Lipinski definition) is 2. The van der Waals surface area contributed by atoms with E-state index in [-0.39, 0.29) is 23.3 Å². The molecule has 0 bridgehead atoms. The molecule has 1 saturated heterocycles. The Kier molecular flexibility index (Phi) is 3.48. The maximum absolute atomic E-state index is 15.1. The van der Waals surface area contributed by atoms with E-state index in [1.807, 2.05) is 4.90 Å². The van der Waals surface area contributed by atoms with Gasteiger partial charge in [0.25, 0.3) is 0 Å². The van der Waals surface area contributed by atoms with Crippen LogP contribution in [0.25, 0.3) is 10.9 Å². The molecule has 148 valence electrons. The van der Waals surface area contributed by atoms with Crippen LogP contribution in [0, 0.1) is 18.2 Å². The molecular formula is C20H21F2N3O3. The summed E-state index contributed by atoms with van der Waals surface area (Å²) in [6, 6.07) is 0.535. The summed E-state index contributed by atoms with van der Waals surface area (Å²) in [5.41, 5.74) is 6.38. The Morgan fingerprint density at radius 2 is 2.07 bits per heavy atom. The van der Waals surface area contributed by atoms with Crippen molar-refractivity contribution in [1.82, 2.24) is 4.57 Å². The molecule has 2 heterocycles. The Hall–Kier alpha value is -2.48. The molecule has 8 heteroatoms. The summed E-state index contributed by atoms with van der Waals surface area (Å²) in [4.78, 5) is 26.1. The molecule has 28 heavy (non-hydrogen) atoms. The lowest BCUT2D eigenvalue weighted by atomic mass is 10.0. The number of carboxylic acids is 1. The largest absolute Gasteiger partial charge is 0.477 e. The summed E-state index contributed by atoms with van der Waals surface area (Å²) in [6.07, 6.45) is 2.40. The van der Waals surface area contributed by atoms with Gasteiger partial charge in [-0.15, -0.1) is 0 Å². The number of carboxylic acid groups (broad SMARTS) is 1. The Balaban J connectivity index is 1.75. The molecule has 3 aliphatic rings. The van der Waals surface area contributed by atoms with Crippen molar-refractivity contribution in [3.63, 3.8) is 0 Å². The van der Waals surface area contributed by atoms with Crippen LogP contribution in [-0.4, -0.2) is 40.9 Å². The number of alkyl halides is 1. The highest BCUT2D eigenvalue weighted by Gasteiger charge is 2.54. The van der Waals surface area contributed by atoms with Gasteiger partial charge in [0.2, 0.25) is 5.43 Å². The van der Waals surface area contributed by atoms with E-state index in [1.54, 1.807) is 6.92 Å². The van der Waals surface area contributed by atoms with Gasteiger partial charge in [-0.3, -0.25) is 4.79 Å². The van der Waals surface area contributed by atoms with Crippen molar-refractivity contribution < 1.29 is 18.7 Å². The van der Waals surface area contributed by atoms with Gasteiger partial charge in [-0.05, 0) is 31.4 Å². The molecule has 0 amide bonds. The molecule has 1 aromatic carbocycles. The van der Waals surface area contributed by atoms with E-state index in [0.29, 0.717) is 29.9 Å². The number of fused-ring (bicyclic) bond motifs is 1. The Morgan fingerprint density at radius 3 is 2.61 bits per heavy atom. The van der Waals surface area contributed by atoms with Gasteiger partial charge in [-0.25, -0.2) is 13.6 Å². The number of anilines is 1. The fraction of sp³-hybridized carbons (Fsp3) is 0.500. The molecule has 3 atom stereocenters. The van der Waals surface area contributed by atoms with Crippen molar-refractivity contribution in [3.05, 3.63) is 39.4 Å². The standard InChI is InChI=1S/C20H21F2N3O3/c1-9-16-10(18(26)11(19(27)28)6-25(16)14-5-12(14)21)4-13(22)17(9)24-7-15(23)20(8-24)2-3-20/h4,6,12,14-15H,2-3,5,7-8,23H2,1H3,(H,27,28). The minimum Gasteiger partial charge on any atom is -0.477 e. The number of rotatable bonds is 3. The van der Waals surface area contributed by atoms with Crippen LogP contribution in [0.4, 0.5) is 14.5 Å². The van der Waals surface area contributed by atoms with Gasteiger partial charge in [-0.1, -0.05) is 0 Å². The van der Waals surface area contributed by atoms with Crippen LogP contribution in [0.5, 0.6) is 0 Å². The lowest BCUT2D eigenvalue weighted by molar-refractivity contribution is 0.0694. The molecule has 0 radical (unpaired) electrons. The highest BCUT2D eigenvalue weighted by molar-refractivity contribution is 5.95. The van der Waals surface area contributed by atoms with Crippen LogP contribution >= 0.6 is 0 Å². The third-order valence-corrected chi connectivity index (χ3v) is 6.67. The van der Waals surface area contributed by atoms with Crippen molar-refractivity contribution in [3.8, 4) is 0 Å². The lowest BCUT2D eigenvalue weighted by Gasteiger charge is -2.24. The molecule has 2 aliphatic carbocycles. The van der Waals surface area contributed by atoms with Crippen molar-refractivity contribution in [1.29, 1.82) is 0 Å². The Labute approximate surface area is 159 Å². The third-order valence-electron chi connectivity index (χ3n) is 6.67. The molecule has 2 aromatic rings. The molecule has 5 rings (SSSR count). The Morgan fingerprint density at radius 1 is 1.39 bits per heavy atom. The van der Waals surface area contributed by atoms with Gasteiger partial charge in [0, 0.05) is 42.6 Å². The normalized spacial score (nSPS) is 27.6. The van der Waals surface area contributed by atoms with Crippen LogP contribution in [0.15, 0.2) is 17.1 Å². The highest BCUT2D eigenvalue weighted by atomic mass is 19.1. The highest BCUT2D eigenvalue weighted by Crippen LogP contribution is 2.53. The van der Waals surface area contributed by atoms with E-state index < -0.39 is 35.0 Å². The van der Waals surface area contributed by atoms with Crippen LogP contribution in [0.1, 0.15) is 41.2 Å². The summed E-state index contributed by atoms with van der Waals surface area (Å²) in [5, 5.41) is 9.33. The Bertz CT molecular complexity index is 1090. The van der Waals surface area contributed by atoms with E-state index in [0.717, 1.165) is 18.9 Å². The van der Waals surface area contributed by atoms with Gasteiger partial charge in [0.15, 0.2) is 0 Å². The molecule has 3 unspecified atom stereocenters. The molecule has 1 aromatic heterocycles. The minimum absolute atomic E-state index is 0.0256. The van der Waals surface area contributed by atoms with Crippen molar-refractivity contribution in [2.75, 3.05) is 18.0 Å². The maximum atomic E-state index is 15.1. The van der Waals surface area contributed by atoms with Crippen molar-refractivity contribution in [2.24, 2.45) is 11.1 Å². The zero-order valence-corrected chi connectivity index (χ0v) is 15.4. The number of benzene rings is 1. The number of aromatic nitrogens is 1. The monoisotopic (exact) mass is 389 g/mol. The number of aryl methyl sites for hydroxylation is 1. The van der Waals surface area contributed by atoms with Gasteiger partial charge < -0.3 is 20.3 Å². The van der Waals surface area contributed by atoms with E-state index in [9.17, 15) is 19.1 Å². The van der Waals surface area contributed by atoms with Gasteiger partial charge >= 0.3 is 5.97 Å². The van der Waals surface area contributed by atoms with Gasteiger partial charge in [0.05, 0.1) is 17.2 Å². The average Bonchev–Trinajstić information content (AvgIpc) is 3.51. The van der Waals surface area contributed by atoms with Crippen LogP contribution in [0.3, 0.4) is 0 Å². The van der Waals surface area contributed by atoms with Crippen molar-refractivity contribution in [2.45, 2.75) is 44.4 Å². The van der Waals surface area contributed by atoms with Gasteiger partial charge in [0.1, 0.15) is 17.6 Å². The fourth-order valence-corrected chi connectivity index (χ4v) is 4.76. The average molecular weight is 389 g/mol. The molecule has 3 N–H and O–H groups in total. The first-order valence-electron chi connectivity index (χ1n) is 9.49. The smallest absolute Gasteiger partial charge is 0.341 e. The number of hydrogen-bond acceptors (Lipinski definition) is 4. The predicted molar refractivity (Wildman–Crippen MR) is 100 cm³/mol. The molecular weight excluding hydrogens is 368 g/mol. The summed E-state index contributed by atoms with van der Waals surface area (Å²) in [6.45, 7) is 2.88. The molecule has 3 fully saturated rings. The number of halogens is 2. The summed E-state index contributed by atoms with van der Waals surface area (Å²) >= 11 is 0. The van der Waals surface area contributed by atoms with Crippen LogP contribution in [0.2, 0.25) is 0 Å². The zero-order chi connectivity index (χ0) is 20.0. The fourth-order valence-electron chi connectivity index (χ4n) is 4.76. The molecule has 1 spiro atoms. The van der Waals surface area contributed by atoms with E-state index in [1.165, 1.54) is 10.8 Å². The summed E-state index contributed by atoms with van der Waals surface area (Å²) in [5.74, 6) is -1.98. The number of nitrogens with two attached hydrogens (primary N) is 1. The summed E-state index contributed by atoms with van der Waals surface area (Å²) < 4.78 is 30.5. The number of pyridine rings is 1. The second-order valence-electron chi connectivity index (χ2n) is 8.48. The predicted octanol–water partition coefficient (Wildman–Crippen LogP) is 2.36. The van der Waals surface area contributed by atoms with E-state index in [4.69, 9.17) is 5.73 Å². The van der Waals surface area contributed by atoms with Gasteiger partial charge in [-0.2, -0.15) is 0 Å². The second kappa shape index (κ2) is 5.53. The third kappa shape index (κ3) is 2.33. The number of nitrogens with zero attached hydrogens (tertiary/aromatic N) is 2. The number of aromatic carboxylic acids is 1. The summed E-state index contributed by atoms with van der Waals surface area (Å²) in [7, 11) is 0. The van der Waals surface area contributed by atoms with Crippen LogP contribution < -0.4 is 16.1 Å². The van der Waals surface area contributed by atoms with Crippen molar-refractivity contribution >= 4 is 22.6 Å². The second-order valence-corrected chi connectivity index (χ2v) is 8.48. The SMILES string of the molecule is Cc1c(N2CC(N)C3(CC3)C2)c(F)cc2c(=O)c(C(=O)O)cn(C3CC3F)c12. The maximum Gasteiger partial charge on any atom is 0.341 e. The first kappa shape index (κ1) is 17.6. The quantitative estimate of drug-likeness (QED) is 0.841. The molecule has 2 saturated carbocycles. The zero-order valence-electron chi connectivity index (χ0n) is 15.4. The topological polar surface area (TPSA) is 88.6 Å². The van der Waals surface area contributed by atoms with Crippen LogP contribution in [-0.2, 0) is 0 Å². The first-order valence-corrected chi connectivity index (χ1v) is 9.49. The minimum atomic E-state index is -1.40.